The number of aromatic nitrogens is 1. The van der Waals surface area contributed by atoms with Gasteiger partial charge in [-0.1, -0.05) is 11.6 Å². The summed E-state index contributed by atoms with van der Waals surface area (Å²) in [5, 5.41) is 2.45. The van der Waals surface area contributed by atoms with Crippen molar-refractivity contribution in [3.05, 3.63) is 58.9 Å². The summed E-state index contributed by atoms with van der Waals surface area (Å²) in [5.41, 5.74) is 0.113. The fraction of sp³-hybridized carbons (Fsp3) is 0.200. The molecule has 0 spiro atoms. The fourth-order valence-electron chi connectivity index (χ4n) is 1.79. The van der Waals surface area contributed by atoms with Crippen molar-refractivity contribution < 1.29 is 34.9 Å². The number of benzene rings is 1. The van der Waals surface area contributed by atoms with Crippen LogP contribution in [0, 0.1) is 6.92 Å². The van der Waals surface area contributed by atoms with Gasteiger partial charge in [-0.05, 0) is 30.7 Å². The van der Waals surface area contributed by atoms with Gasteiger partial charge in [0.25, 0.3) is 5.91 Å². The molecule has 1 aromatic carbocycles. The SMILES string of the molecule is Cc1cc[n+](CC(=O)Nc2cc(C(F)(F)F)ccc2Cl)cc1.[Cl-]. The standard InChI is InChI=1S/C15H12ClF3N2O.ClH/c1-10-4-6-21(7-5-10)9-14(22)20-13-8-11(15(17,18)19)2-3-12(13)16;/h2-8H,9H2,1H3;1H. The zero-order valence-corrected chi connectivity index (χ0v) is 13.5. The minimum absolute atomic E-state index is 0. The number of aryl methyl sites for hydroxylation is 1. The number of halogens is 5. The highest BCUT2D eigenvalue weighted by molar-refractivity contribution is 6.33. The zero-order chi connectivity index (χ0) is 16.3. The van der Waals surface area contributed by atoms with Crippen LogP contribution in [0.15, 0.2) is 42.7 Å². The van der Waals surface area contributed by atoms with Crippen LogP contribution in [0.3, 0.4) is 0 Å². The monoisotopic (exact) mass is 364 g/mol. The number of nitrogens with one attached hydrogen (secondary N) is 1. The number of anilines is 1. The highest BCUT2D eigenvalue weighted by Crippen LogP contribution is 2.33. The van der Waals surface area contributed by atoms with Gasteiger partial charge in [-0.15, -0.1) is 0 Å². The molecule has 0 radical (unpaired) electrons. The van der Waals surface area contributed by atoms with E-state index in [-0.39, 0.29) is 29.7 Å². The van der Waals surface area contributed by atoms with Crippen molar-refractivity contribution in [1.29, 1.82) is 0 Å². The fourth-order valence-corrected chi connectivity index (χ4v) is 1.96. The van der Waals surface area contributed by atoms with E-state index in [4.69, 9.17) is 11.6 Å². The molecule has 1 N–H and O–H groups in total. The third-order valence-corrected chi connectivity index (χ3v) is 3.28. The first kappa shape index (κ1) is 19.3. The Labute approximate surface area is 142 Å². The van der Waals surface area contributed by atoms with Crippen LogP contribution in [-0.4, -0.2) is 5.91 Å². The molecule has 1 heterocycles. The van der Waals surface area contributed by atoms with Crippen molar-refractivity contribution in [2.45, 2.75) is 19.6 Å². The molecule has 0 saturated heterocycles. The van der Waals surface area contributed by atoms with E-state index < -0.39 is 17.6 Å². The molecule has 2 aromatic rings. The lowest BCUT2D eigenvalue weighted by Crippen LogP contribution is -3.00. The van der Waals surface area contributed by atoms with E-state index in [0.29, 0.717) is 0 Å². The molecule has 8 heteroatoms. The molecule has 124 valence electrons. The molecule has 1 aromatic heterocycles. The average Bonchev–Trinajstić information content (AvgIpc) is 2.42. The number of rotatable bonds is 3. The van der Waals surface area contributed by atoms with Gasteiger partial charge in [-0.25, -0.2) is 0 Å². The molecule has 0 atom stereocenters. The molecule has 0 aliphatic rings. The Balaban J connectivity index is 0.00000264. The predicted molar refractivity (Wildman–Crippen MR) is 76.5 cm³/mol. The second kappa shape index (κ2) is 7.66. The second-order valence-corrected chi connectivity index (χ2v) is 5.20. The van der Waals surface area contributed by atoms with Crippen LogP contribution in [0.5, 0.6) is 0 Å². The van der Waals surface area contributed by atoms with Crippen LogP contribution in [0.4, 0.5) is 18.9 Å². The summed E-state index contributed by atoms with van der Waals surface area (Å²) in [5.74, 6) is -0.463. The van der Waals surface area contributed by atoms with Crippen molar-refractivity contribution in [1.82, 2.24) is 0 Å². The smallest absolute Gasteiger partial charge is 0.416 e. The van der Waals surface area contributed by atoms with E-state index in [1.807, 2.05) is 19.1 Å². The number of amides is 1. The molecule has 3 nitrogen and oxygen atoms in total. The summed E-state index contributed by atoms with van der Waals surface area (Å²) in [7, 11) is 0. The highest BCUT2D eigenvalue weighted by atomic mass is 35.5. The summed E-state index contributed by atoms with van der Waals surface area (Å²) >= 11 is 5.83. The topological polar surface area (TPSA) is 33.0 Å². The normalized spacial score (nSPS) is 10.8. The summed E-state index contributed by atoms with van der Waals surface area (Å²) in [4.78, 5) is 11.9. The van der Waals surface area contributed by atoms with Gasteiger partial charge in [0, 0.05) is 12.1 Å². The maximum Gasteiger partial charge on any atom is 0.416 e. The Hall–Kier alpha value is -1.79. The van der Waals surface area contributed by atoms with Crippen LogP contribution in [-0.2, 0) is 17.5 Å². The van der Waals surface area contributed by atoms with E-state index in [2.05, 4.69) is 5.32 Å². The van der Waals surface area contributed by atoms with Crippen LogP contribution in [0.25, 0.3) is 0 Å². The van der Waals surface area contributed by atoms with E-state index in [1.165, 1.54) is 0 Å². The van der Waals surface area contributed by atoms with Crippen molar-refractivity contribution in [3.63, 3.8) is 0 Å². The minimum atomic E-state index is -4.49. The first-order valence-electron chi connectivity index (χ1n) is 6.38. The Bertz CT molecular complexity index is 688. The van der Waals surface area contributed by atoms with E-state index in [1.54, 1.807) is 17.0 Å². The maximum absolute atomic E-state index is 12.7. The second-order valence-electron chi connectivity index (χ2n) is 4.79. The van der Waals surface area contributed by atoms with Crippen molar-refractivity contribution >= 4 is 23.2 Å². The minimum Gasteiger partial charge on any atom is -1.00 e. The van der Waals surface area contributed by atoms with Crippen molar-refractivity contribution in [2.75, 3.05) is 5.32 Å². The van der Waals surface area contributed by atoms with Crippen LogP contribution >= 0.6 is 11.6 Å². The van der Waals surface area contributed by atoms with Crippen LogP contribution in [0.1, 0.15) is 11.1 Å². The van der Waals surface area contributed by atoms with Crippen molar-refractivity contribution in [2.24, 2.45) is 0 Å². The van der Waals surface area contributed by atoms with Crippen LogP contribution in [0.2, 0.25) is 5.02 Å². The predicted octanol–water partition coefficient (Wildman–Crippen LogP) is 0.597. The first-order chi connectivity index (χ1) is 10.3. The summed E-state index contributed by atoms with van der Waals surface area (Å²) in [6.07, 6.45) is -1.07. The Kier molecular flexibility index (Phi) is 6.41. The maximum atomic E-state index is 12.7. The molecule has 2 rings (SSSR count). The number of hydrogen-bond acceptors (Lipinski definition) is 1. The molecule has 1 amide bonds. The van der Waals surface area contributed by atoms with Gasteiger partial charge in [0.2, 0.25) is 6.54 Å². The van der Waals surface area contributed by atoms with E-state index in [9.17, 15) is 18.0 Å². The van der Waals surface area contributed by atoms with E-state index in [0.717, 1.165) is 23.8 Å². The average molecular weight is 365 g/mol. The molecule has 0 fully saturated rings. The Morgan fingerprint density at radius 2 is 1.83 bits per heavy atom. The molecule has 0 aliphatic carbocycles. The summed E-state index contributed by atoms with van der Waals surface area (Å²) < 4.78 is 39.6. The lowest BCUT2D eigenvalue weighted by Gasteiger charge is -2.10. The number of hydrogen-bond donors (Lipinski definition) is 1. The number of pyridine rings is 1. The summed E-state index contributed by atoms with van der Waals surface area (Å²) in [6, 6.07) is 6.45. The van der Waals surface area contributed by atoms with E-state index >= 15 is 0 Å². The van der Waals surface area contributed by atoms with Crippen LogP contribution < -0.4 is 22.3 Å². The molecule has 0 aliphatic heterocycles. The largest absolute Gasteiger partial charge is 1.00 e. The Morgan fingerprint density at radius 3 is 2.39 bits per heavy atom. The lowest BCUT2D eigenvalue weighted by atomic mass is 10.2. The van der Waals surface area contributed by atoms with Gasteiger partial charge in [-0.2, -0.15) is 17.7 Å². The van der Waals surface area contributed by atoms with Crippen molar-refractivity contribution in [3.8, 4) is 0 Å². The zero-order valence-electron chi connectivity index (χ0n) is 12.0. The number of alkyl halides is 3. The first-order valence-corrected chi connectivity index (χ1v) is 6.76. The molecular weight excluding hydrogens is 352 g/mol. The molecule has 0 saturated carbocycles. The highest BCUT2D eigenvalue weighted by Gasteiger charge is 2.31. The lowest BCUT2D eigenvalue weighted by molar-refractivity contribution is -0.684. The Morgan fingerprint density at radius 1 is 1.22 bits per heavy atom. The summed E-state index contributed by atoms with van der Waals surface area (Å²) in [6.45, 7) is 1.89. The third-order valence-electron chi connectivity index (χ3n) is 2.95. The molecule has 23 heavy (non-hydrogen) atoms. The molecular formula is C15H13Cl2F3N2O. The molecule has 0 unspecified atom stereocenters. The number of carbonyl (C=O) groups is 1. The number of carbonyl (C=O) groups excluding carboxylic acids is 1. The molecule has 0 bridgehead atoms. The number of nitrogens with zero attached hydrogens (tertiary/aromatic N) is 1. The van der Waals surface area contributed by atoms with Gasteiger partial charge in [0.05, 0.1) is 16.3 Å². The van der Waals surface area contributed by atoms with Gasteiger partial charge >= 0.3 is 6.18 Å². The van der Waals surface area contributed by atoms with Gasteiger partial charge in [0.15, 0.2) is 12.4 Å². The van der Waals surface area contributed by atoms with Gasteiger partial charge in [-0.3, -0.25) is 4.79 Å². The van der Waals surface area contributed by atoms with Gasteiger partial charge < -0.3 is 17.7 Å². The third kappa shape index (κ3) is 5.41. The van der Waals surface area contributed by atoms with Gasteiger partial charge in [0.1, 0.15) is 0 Å². The quantitative estimate of drug-likeness (QED) is 0.795.